The number of carbonyl (C=O) groups is 1. The largest absolute Gasteiger partial charge is 0.494 e. The van der Waals surface area contributed by atoms with Gasteiger partial charge < -0.3 is 23.8 Å². The van der Waals surface area contributed by atoms with Gasteiger partial charge in [0.15, 0.2) is 11.6 Å². The summed E-state index contributed by atoms with van der Waals surface area (Å²) in [6.07, 6.45) is 4.64. The molecule has 9 heteroatoms. The number of carbonyl (C=O) groups excluding carboxylic acids is 1. The molecule has 8 nitrogen and oxygen atoms in total. The minimum atomic E-state index is -0.508. The van der Waals surface area contributed by atoms with Crippen molar-refractivity contribution in [2.75, 3.05) is 12.0 Å². The molecule has 1 N–H and O–H groups in total. The fraction of sp³-hybridized carbons (Fsp3) is 0.433. The van der Waals surface area contributed by atoms with Gasteiger partial charge in [0.2, 0.25) is 5.91 Å². The van der Waals surface area contributed by atoms with Crippen LogP contribution in [0.5, 0.6) is 5.75 Å². The Morgan fingerprint density at radius 1 is 1.08 bits per heavy atom. The fourth-order valence-electron chi connectivity index (χ4n) is 6.35. The van der Waals surface area contributed by atoms with E-state index in [0.717, 1.165) is 78.0 Å². The molecule has 2 fully saturated rings. The summed E-state index contributed by atoms with van der Waals surface area (Å²) in [6, 6.07) is 10.7. The van der Waals surface area contributed by atoms with Crippen LogP contribution in [0.1, 0.15) is 74.3 Å². The number of ether oxygens (including phenoxy) is 1. The lowest BCUT2D eigenvalue weighted by atomic mass is 9.92. The average molecular weight is 533 g/mol. The van der Waals surface area contributed by atoms with Gasteiger partial charge in [0, 0.05) is 29.8 Å². The summed E-state index contributed by atoms with van der Waals surface area (Å²) in [7, 11) is 1.42. The van der Waals surface area contributed by atoms with E-state index in [0.29, 0.717) is 12.1 Å². The minimum absolute atomic E-state index is 0.0510. The molecule has 1 aliphatic carbocycles. The Morgan fingerprint density at radius 3 is 2.56 bits per heavy atom. The van der Waals surface area contributed by atoms with Crippen molar-refractivity contribution in [2.24, 2.45) is 0 Å². The van der Waals surface area contributed by atoms with E-state index in [2.05, 4.69) is 27.9 Å². The zero-order valence-corrected chi connectivity index (χ0v) is 22.5. The van der Waals surface area contributed by atoms with Crippen LogP contribution in [0.25, 0.3) is 22.2 Å². The van der Waals surface area contributed by atoms with Crippen LogP contribution in [-0.4, -0.2) is 38.9 Å². The molecule has 2 aliphatic rings. The lowest BCUT2D eigenvalue weighted by Gasteiger charge is -2.37. The third-order valence-electron chi connectivity index (χ3n) is 8.23. The standard InChI is InChI=1S/C30H33FN4O4/c1-17-29(18(2)39-33-17)19-7-13-25-24(15-19)32-30(35(25)20-8-11-22(36)12-9-20)26-5-4-6-28(37)34(26)21-10-14-27(38-3)23(31)16-21/h7,10,13-16,20,22,26,36H,4-6,8-9,11-12H2,1-3H3/t20?,22?,26-/m0/s1. The van der Waals surface area contributed by atoms with Gasteiger partial charge in [-0.25, -0.2) is 9.37 Å². The van der Waals surface area contributed by atoms with Crippen molar-refractivity contribution in [3.05, 3.63) is 59.5 Å². The molecule has 39 heavy (non-hydrogen) atoms. The number of anilines is 1. The number of nitrogens with zero attached hydrogens (tertiary/aromatic N) is 4. The maximum Gasteiger partial charge on any atom is 0.227 e. The first-order valence-electron chi connectivity index (χ1n) is 13.6. The summed E-state index contributed by atoms with van der Waals surface area (Å²) in [5.41, 5.74) is 5.06. The molecule has 1 amide bonds. The number of halogens is 1. The van der Waals surface area contributed by atoms with E-state index >= 15 is 0 Å². The van der Waals surface area contributed by atoms with Gasteiger partial charge in [0.05, 0.1) is 36.0 Å². The van der Waals surface area contributed by atoms with E-state index in [9.17, 15) is 14.3 Å². The molecular formula is C30H33FN4O4. The van der Waals surface area contributed by atoms with Gasteiger partial charge in [-0.3, -0.25) is 4.79 Å². The van der Waals surface area contributed by atoms with Crippen LogP contribution >= 0.6 is 0 Å². The molecule has 2 aromatic heterocycles. The molecule has 0 unspecified atom stereocenters. The maximum absolute atomic E-state index is 14.8. The maximum atomic E-state index is 14.8. The van der Waals surface area contributed by atoms with Gasteiger partial charge >= 0.3 is 0 Å². The molecule has 0 bridgehead atoms. The zero-order chi connectivity index (χ0) is 27.3. The molecule has 1 saturated heterocycles. The number of aryl methyl sites for hydroxylation is 2. The second-order valence-corrected chi connectivity index (χ2v) is 10.7. The monoisotopic (exact) mass is 532 g/mol. The Balaban J connectivity index is 1.50. The number of amides is 1. The Bertz CT molecular complexity index is 1520. The summed E-state index contributed by atoms with van der Waals surface area (Å²) in [5.74, 6) is 1.13. The van der Waals surface area contributed by atoms with Crippen LogP contribution < -0.4 is 9.64 Å². The summed E-state index contributed by atoms with van der Waals surface area (Å²) in [4.78, 5) is 20.2. The number of piperidine rings is 1. The second kappa shape index (κ2) is 10.1. The summed E-state index contributed by atoms with van der Waals surface area (Å²) in [5, 5.41) is 14.3. The highest BCUT2D eigenvalue weighted by atomic mass is 19.1. The van der Waals surface area contributed by atoms with Gasteiger partial charge in [0.25, 0.3) is 0 Å². The van der Waals surface area contributed by atoms with Gasteiger partial charge in [-0.1, -0.05) is 11.2 Å². The van der Waals surface area contributed by atoms with E-state index in [1.165, 1.54) is 13.2 Å². The van der Waals surface area contributed by atoms with Crippen molar-refractivity contribution in [3.8, 4) is 16.9 Å². The van der Waals surface area contributed by atoms with Gasteiger partial charge in [-0.05, 0) is 82.2 Å². The van der Waals surface area contributed by atoms with Gasteiger partial charge in [-0.15, -0.1) is 0 Å². The number of benzene rings is 2. The lowest BCUT2D eigenvalue weighted by Crippen LogP contribution is -2.40. The molecular weight excluding hydrogens is 499 g/mol. The first kappa shape index (κ1) is 25.6. The van der Waals surface area contributed by atoms with Crippen molar-refractivity contribution in [2.45, 2.75) is 77.0 Å². The predicted molar refractivity (Wildman–Crippen MR) is 145 cm³/mol. The molecule has 2 aromatic carbocycles. The number of rotatable bonds is 5. The van der Waals surface area contributed by atoms with E-state index in [4.69, 9.17) is 14.2 Å². The SMILES string of the molecule is COc1ccc(N2C(=O)CCC[C@H]2c2nc3cc(-c4c(C)noc4C)ccc3n2C2CCC(O)CC2)cc1F. The van der Waals surface area contributed by atoms with Crippen LogP contribution in [0.3, 0.4) is 0 Å². The molecule has 4 aromatic rings. The topological polar surface area (TPSA) is 93.6 Å². The average Bonchev–Trinajstić information content (AvgIpc) is 3.47. The van der Waals surface area contributed by atoms with Crippen LogP contribution in [0.15, 0.2) is 40.9 Å². The number of fused-ring (bicyclic) bond motifs is 1. The van der Waals surface area contributed by atoms with Crippen molar-refractivity contribution in [1.29, 1.82) is 0 Å². The Kier molecular flexibility index (Phi) is 6.62. The number of hydrogen-bond donors (Lipinski definition) is 1. The number of aromatic nitrogens is 3. The Hall–Kier alpha value is -3.72. The normalized spacial score (nSPS) is 22.0. The van der Waals surface area contributed by atoms with Crippen LogP contribution in [0, 0.1) is 19.7 Å². The smallest absolute Gasteiger partial charge is 0.227 e. The molecule has 1 atom stereocenters. The third-order valence-corrected chi connectivity index (χ3v) is 8.23. The van der Waals surface area contributed by atoms with Crippen LogP contribution in [0.2, 0.25) is 0 Å². The number of hydrogen-bond acceptors (Lipinski definition) is 6. The third kappa shape index (κ3) is 4.48. The molecule has 0 radical (unpaired) electrons. The van der Waals surface area contributed by atoms with Crippen molar-refractivity contribution >= 4 is 22.6 Å². The molecule has 0 spiro atoms. The second-order valence-electron chi connectivity index (χ2n) is 10.7. The predicted octanol–water partition coefficient (Wildman–Crippen LogP) is 6.19. The number of methoxy groups -OCH3 is 1. The van der Waals surface area contributed by atoms with Gasteiger partial charge in [0.1, 0.15) is 11.6 Å². The van der Waals surface area contributed by atoms with Crippen LogP contribution in [0.4, 0.5) is 10.1 Å². The summed E-state index contributed by atoms with van der Waals surface area (Å²) >= 11 is 0. The van der Waals surface area contributed by atoms with E-state index in [1.807, 2.05) is 13.8 Å². The zero-order valence-electron chi connectivity index (χ0n) is 22.5. The Morgan fingerprint density at radius 2 is 1.87 bits per heavy atom. The number of aliphatic hydroxyl groups excluding tert-OH is 1. The summed E-state index contributed by atoms with van der Waals surface area (Å²) < 4.78 is 27.5. The fourth-order valence-corrected chi connectivity index (χ4v) is 6.35. The van der Waals surface area contributed by atoms with Crippen molar-refractivity contribution < 1.29 is 23.6 Å². The molecule has 1 aliphatic heterocycles. The molecule has 1 saturated carbocycles. The first-order valence-corrected chi connectivity index (χ1v) is 13.6. The number of aliphatic hydroxyl groups is 1. The van der Waals surface area contributed by atoms with Crippen LogP contribution in [-0.2, 0) is 4.79 Å². The Labute approximate surface area is 226 Å². The van der Waals surface area contributed by atoms with Crippen molar-refractivity contribution in [1.82, 2.24) is 14.7 Å². The molecule has 3 heterocycles. The minimum Gasteiger partial charge on any atom is -0.494 e. The van der Waals surface area contributed by atoms with Gasteiger partial charge in [-0.2, -0.15) is 0 Å². The molecule has 204 valence electrons. The van der Waals surface area contributed by atoms with E-state index < -0.39 is 5.82 Å². The highest BCUT2D eigenvalue weighted by Crippen LogP contribution is 2.42. The highest BCUT2D eigenvalue weighted by molar-refractivity contribution is 5.95. The first-order chi connectivity index (χ1) is 18.9. The number of imidazole rings is 1. The molecule has 6 rings (SSSR count). The van der Waals surface area contributed by atoms with E-state index in [1.54, 1.807) is 17.0 Å². The van der Waals surface area contributed by atoms with E-state index in [-0.39, 0.29) is 29.8 Å². The quantitative estimate of drug-likeness (QED) is 0.329. The summed E-state index contributed by atoms with van der Waals surface area (Å²) in [6.45, 7) is 3.82. The van der Waals surface area contributed by atoms with Crippen molar-refractivity contribution in [3.63, 3.8) is 0 Å². The highest BCUT2D eigenvalue weighted by Gasteiger charge is 2.36. The lowest BCUT2D eigenvalue weighted by molar-refractivity contribution is -0.120.